The number of halogens is 1. The van der Waals surface area contributed by atoms with Gasteiger partial charge in [-0.05, 0) is 24.6 Å². The number of hydrogen-bond acceptors (Lipinski definition) is 6. The Morgan fingerprint density at radius 3 is 2.07 bits per heavy atom. The van der Waals surface area contributed by atoms with Crippen LogP contribution in [0.1, 0.15) is 23.6 Å². The number of nitrogens with one attached hydrogen (secondary N) is 1. The average molecular weight is 425 g/mol. The van der Waals surface area contributed by atoms with Gasteiger partial charge in [0.05, 0.1) is 18.5 Å². The number of hydrogen-bond donors (Lipinski definition) is 1. The first kappa shape index (κ1) is 22.1. The van der Waals surface area contributed by atoms with Crippen molar-refractivity contribution in [3.63, 3.8) is 0 Å². The Labute approximate surface area is 169 Å². The Morgan fingerprint density at radius 1 is 1.04 bits per heavy atom. The molecule has 150 valence electrons. The number of rotatable bonds is 8. The summed E-state index contributed by atoms with van der Waals surface area (Å²) in [5, 5.41) is 4.78. The van der Waals surface area contributed by atoms with Crippen LogP contribution in [0, 0.1) is 0 Å². The molecule has 28 heavy (non-hydrogen) atoms. The maximum Gasteiger partial charge on any atom is 0.427 e. The summed E-state index contributed by atoms with van der Waals surface area (Å²) in [4.78, 5) is 11.6. The zero-order chi connectivity index (χ0) is 20.6. The van der Waals surface area contributed by atoms with Gasteiger partial charge in [-0.3, -0.25) is 4.57 Å². The van der Waals surface area contributed by atoms with E-state index in [0.29, 0.717) is 10.7 Å². The third-order valence-corrected chi connectivity index (χ3v) is 5.93. The van der Waals surface area contributed by atoms with E-state index >= 15 is 0 Å². The molecule has 0 saturated heterocycles. The summed E-state index contributed by atoms with van der Waals surface area (Å²) in [5.41, 5.74) is 5.18. The third-order valence-electron chi connectivity index (χ3n) is 3.81. The highest BCUT2D eigenvalue weighted by atomic mass is 35.5. The number of carbonyl (C=O) groups excluding carboxylic acids is 1. The standard InChI is InChI=1S/C19H22ClN2O5P/c1-4-27-19(23)22-21-18(16-9-11-17(20)12-10-16)15-7-5-14(6-8-15)13-28(24,25-2)26-3/h5-12H,4,13H2,1-3H3,(H,22,23)/b21-18+. The molecular formula is C19H22ClN2O5P. The molecule has 0 aliphatic heterocycles. The highest BCUT2D eigenvalue weighted by Crippen LogP contribution is 2.49. The molecule has 0 bridgehead atoms. The first-order valence-corrected chi connectivity index (χ1v) is 10.6. The minimum Gasteiger partial charge on any atom is -0.449 e. The Hall–Kier alpha value is -2.18. The highest BCUT2D eigenvalue weighted by Gasteiger charge is 2.21. The second-order valence-corrected chi connectivity index (χ2v) is 8.34. The fourth-order valence-corrected chi connectivity index (χ4v) is 3.55. The van der Waals surface area contributed by atoms with E-state index in [-0.39, 0.29) is 12.8 Å². The van der Waals surface area contributed by atoms with E-state index < -0.39 is 13.7 Å². The fraction of sp³-hybridized carbons (Fsp3) is 0.263. The van der Waals surface area contributed by atoms with Gasteiger partial charge >= 0.3 is 13.7 Å². The molecule has 0 aromatic heterocycles. The van der Waals surface area contributed by atoms with Crippen LogP contribution in [0.3, 0.4) is 0 Å². The molecule has 0 spiro atoms. The summed E-state index contributed by atoms with van der Waals surface area (Å²) < 4.78 is 27.1. The van der Waals surface area contributed by atoms with Crippen molar-refractivity contribution in [1.82, 2.24) is 5.43 Å². The number of nitrogens with zero attached hydrogens (tertiary/aromatic N) is 1. The van der Waals surface area contributed by atoms with Crippen molar-refractivity contribution in [2.45, 2.75) is 13.1 Å². The van der Waals surface area contributed by atoms with E-state index in [4.69, 9.17) is 25.4 Å². The maximum absolute atomic E-state index is 12.3. The fourth-order valence-electron chi connectivity index (χ4n) is 2.36. The van der Waals surface area contributed by atoms with Crippen LogP contribution >= 0.6 is 19.2 Å². The van der Waals surface area contributed by atoms with Crippen molar-refractivity contribution in [3.8, 4) is 0 Å². The maximum atomic E-state index is 12.3. The molecule has 2 aromatic carbocycles. The molecule has 1 amide bonds. The van der Waals surface area contributed by atoms with Crippen LogP contribution in [0.25, 0.3) is 0 Å². The Morgan fingerprint density at radius 2 is 1.57 bits per heavy atom. The van der Waals surface area contributed by atoms with Gasteiger partial charge in [-0.1, -0.05) is 48.0 Å². The molecule has 0 aliphatic rings. The van der Waals surface area contributed by atoms with Crippen LogP contribution in [0.2, 0.25) is 5.02 Å². The van der Waals surface area contributed by atoms with E-state index in [0.717, 1.165) is 16.7 Å². The van der Waals surface area contributed by atoms with Gasteiger partial charge in [-0.15, -0.1) is 0 Å². The molecule has 1 N–H and O–H groups in total. The van der Waals surface area contributed by atoms with Gasteiger partial charge in [0.15, 0.2) is 0 Å². The second-order valence-electron chi connectivity index (χ2n) is 5.63. The van der Waals surface area contributed by atoms with Crippen LogP contribution in [0.5, 0.6) is 0 Å². The third kappa shape index (κ3) is 6.17. The van der Waals surface area contributed by atoms with Gasteiger partial charge in [0.1, 0.15) is 0 Å². The van der Waals surface area contributed by atoms with E-state index in [9.17, 15) is 9.36 Å². The number of hydrazone groups is 1. The summed E-state index contributed by atoms with van der Waals surface area (Å²) in [6.45, 7) is 1.95. The minimum absolute atomic E-state index is 0.148. The first-order chi connectivity index (χ1) is 13.4. The molecule has 9 heteroatoms. The average Bonchev–Trinajstić information content (AvgIpc) is 2.70. The lowest BCUT2D eigenvalue weighted by Gasteiger charge is -2.14. The van der Waals surface area contributed by atoms with Gasteiger partial charge in [0, 0.05) is 30.4 Å². The quantitative estimate of drug-likeness (QED) is 0.373. The molecule has 0 aliphatic carbocycles. The molecular weight excluding hydrogens is 403 g/mol. The van der Waals surface area contributed by atoms with Gasteiger partial charge in [0.2, 0.25) is 0 Å². The van der Waals surface area contributed by atoms with Gasteiger partial charge < -0.3 is 13.8 Å². The number of benzene rings is 2. The molecule has 0 heterocycles. The van der Waals surface area contributed by atoms with Gasteiger partial charge in [-0.2, -0.15) is 5.10 Å². The Kier molecular flexibility index (Phi) is 8.20. The first-order valence-electron chi connectivity index (χ1n) is 8.47. The molecule has 2 aromatic rings. The number of carbonyl (C=O) groups is 1. The second kappa shape index (κ2) is 10.4. The van der Waals surface area contributed by atoms with Crippen molar-refractivity contribution < 1.29 is 23.1 Å². The highest BCUT2D eigenvalue weighted by molar-refractivity contribution is 7.52. The van der Waals surface area contributed by atoms with Crippen LogP contribution in [-0.2, 0) is 24.5 Å². The lowest BCUT2D eigenvalue weighted by Crippen LogP contribution is -2.21. The number of ether oxygens (including phenoxy) is 1. The summed E-state index contributed by atoms with van der Waals surface area (Å²) in [7, 11) is -0.453. The molecule has 2 rings (SSSR count). The SMILES string of the molecule is CCOC(=O)N/N=C(/c1ccc(Cl)cc1)c1ccc(CP(=O)(OC)OC)cc1. The molecule has 0 atom stereocenters. The summed E-state index contributed by atoms with van der Waals surface area (Å²) in [6.07, 6.45) is -0.499. The van der Waals surface area contributed by atoms with Crippen molar-refractivity contribution in [1.29, 1.82) is 0 Å². The lowest BCUT2D eigenvalue weighted by atomic mass is 10.0. The Bertz CT molecular complexity index is 861. The molecule has 0 fully saturated rings. The Balaban J connectivity index is 2.32. The monoisotopic (exact) mass is 424 g/mol. The van der Waals surface area contributed by atoms with Crippen LogP contribution in [0.4, 0.5) is 4.79 Å². The van der Waals surface area contributed by atoms with Gasteiger partial charge in [0.25, 0.3) is 0 Å². The van der Waals surface area contributed by atoms with Crippen molar-refractivity contribution in [3.05, 3.63) is 70.2 Å². The number of amides is 1. The molecule has 0 saturated carbocycles. The van der Waals surface area contributed by atoms with Crippen molar-refractivity contribution >= 4 is 31.0 Å². The van der Waals surface area contributed by atoms with E-state index in [1.165, 1.54) is 14.2 Å². The lowest BCUT2D eigenvalue weighted by molar-refractivity contribution is 0.152. The predicted octanol–water partition coefficient (Wildman–Crippen LogP) is 4.82. The smallest absolute Gasteiger partial charge is 0.427 e. The van der Waals surface area contributed by atoms with E-state index in [1.54, 1.807) is 43.3 Å². The van der Waals surface area contributed by atoms with Crippen LogP contribution in [0.15, 0.2) is 53.6 Å². The van der Waals surface area contributed by atoms with Gasteiger partial charge in [-0.25, -0.2) is 10.2 Å². The normalized spacial score (nSPS) is 11.9. The zero-order valence-corrected chi connectivity index (χ0v) is 17.5. The predicted molar refractivity (Wildman–Crippen MR) is 109 cm³/mol. The summed E-state index contributed by atoms with van der Waals surface area (Å²) in [5.74, 6) is 0. The summed E-state index contributed by atoms with van der Waals surface area (Å²) >= 11 is 5.96. The topological polar surface area (TPSA) is 86.2 Å². The molecule has 0 radical (unpaired) electrons. The van der Waals surface area contributed by atoms with Crippen molar-refractivity contribution in [2.75, 3.05) is 20.8 Å². The minimum atomic E-state index is -3.16. The summed E-state index contributed by atoms with van der Waals surface area (Å²) in [6, 6.07) is 14.3. The molecule has 7 nitrogen and oxygen atoms in total. The van der Waals surface area contributed by atoms with Crippen LogP contribution in [-0.4, -0.2) is 32.6 Å². The van der Waals surface area contributed by atoms with E-state index in [1.807, 2.05) is 12.1 Å². The zero-order valence-electron chi connectivity index (χ0n) is 15.8. The van der Waals surface area contributed by atoms with E-state index in [2.05, 4.69) is 10.5 Å². The van der Waals surface area contributed by atoms with Crippen LogP contribution < -0.4 is 5.43 Å². The largest absolute Gasteiger partial charge is 0.449 e. The molecule has 0 unspecified atom stereocenters. The van der Waals surface area contributed by atoms with Crippen molar-refractivity contribution in [2.24, 2.45) is 5.10 Å².